The summed E-state index contributed by atoms with van der Waals surface area (Å²) in [6.45, 7) is 1.96. The molecule has 1 saturated carbocycles. The number of nitrogens with zero attached hydrogens (tertiary/aromatic N) is 4. The molecule has 1 fully saturated rings. The summed E-state index contributed by atoms with van der Waals surface area (Å²) >= 11 is 0. The predicted octanol–water partition coefficient (Wildman–Crippen LogP) is 4.49. The Balaban J connectivity index is 1.33. The Labute approximate surface area is 183 Å². The average molecular weight is 431 g/mol. The van der Waals surface area contributed by atoms with E-state index in [2.05, 4.69) is 30.9 Å². The number of aryl methyl sites for hydroxylation is 1. The van der Waals surface area contributed by atoms with E-state index in [1.807, 2.05) is 29.8 Å². The normalized spacial score (nSPS) is 12.9. The first-order valence-corrected chi connectivity index (χ1v) is 10.2. The first-order valence-electron chi connectivity index (χ1n) is 10.2. The standard InChI is InChI=1S/C22H21N7O3/c1-14-4-5-16(27-22(30)32-20-3-2-10-31-20)11-17(14)28-21-23-8-9-29(21)19-12-18(24-13-25-19)26-15-6-7-15/h2-5,8-13,15H,6-7H2,1H3,(H,23,28)(H,27,30)(H,24,25,26). The highest BCUT2D eigenvalue weighted by Gasteiger charge is 2.21. The van der Waals surface area contributed by atoms with Crippen molar-refractivity contribution in [2.24, 2.45) is 0 Å². The molecular weight excluding hydrogens is 410 g/mol. The molecule has 3 N–H and O–H groups in total. The zero-order valence-electron chi connectivity index (χ0n) is 17.3. The lowest BCUT2D eigenvalue weighted by atomic mass is 10.2. The second-order valence-corrected chi connectivity index (χ2v) is 7.40. The van der Waals surface area contributed by atoms with Crippen LogP contribution >= 0.6 is 0 Å². The van der Waals surface area contributed by atoms with Crippen LogP contribution in [0.15, 0.2) is 65.8 Å². The third-order valence-corrected chi connectivity index (χ3v) is 4.89. The van der Waals surface area contributed by atoms with Gasteiger partial charge in [-0.15, -0.1) is 0 Å². The highest BCUT2D eigenvalue weighted by Crippen LogP contribution is 2.27. The molecule has 0 unspecified atom stereocenters. The molecular formula is C22H21N7O3. The molecule has 1 aliphatic carbocycles. The maximum atomic E-state index is 12.1. The molecule has 0 atom stereocenters. The van der Waals surface area contributed by atoms with Crippen molar-refractivity contribution < 1.29 is 13.9 Å². The van der Waals surface area contributed by atoms with Crippen molar-refractivity contribution in [2.75, 3.05) is 16.0 Å². The van der Waals surface area contributed by atoms with Gasteiger partial charge < -0.3 is 19.8 Å². The molecule has 162 valence electrons. The molecule has 1 aliphatic rings. The van der Waals surface area contributed by atoms with Crippen LogP contribution < -0.4 is 20.7 Å². The smallest absolute Gasteiger partial charge is 0.419 e. The number of ether oxygens (including phenoxy) is 1. The van der Waals surface area contributed by atoms with Crippen LogP contribution in [0.5, 0.6) is 5.95 Å². The molecule has 0 saturated heterocycles. The molecule has 3 aromatic heterocycles. The Morgan fingerprint density at radius 2 is 2.09 bits per heavy atom. The van der Waals surface area contributed by atoms with Crippen LogP contribution in [-0.4, -0.2) is 31.7 Å². The van der Waals surface area contributed by atoms with Crippen LogP contribution in [0.1, 0.15) is 18.4 Å². The van der Waals surface area contributed by atoms with E-state index in [0.717, 1.165) is 29.9 Å². The number of benzene rings is 1. The Bertz CT molecular complexity index is 1230. The molecule has 0 radical (unpaired) electrons. The maximum Gasteiger partial charge on any atom is 0.419 e. The fourth-order valence-electron chi connectivity index (χ4n) is 3.09. The highest BCUT2D eigenvalue weighted by atomic mass is 16.6. The fourth-order valence-corrected chi connectivity index (χ4v) is 3.09. The largest absolute Gasteiger partial charge is 0.434 e. The Morgan fingerprint density at radius 3 is 2.91 bits per heavy atom. The summed E-state index contributed by atoms with van der Waals surface area (Å²) in [4.78, 5) is 25.2. The highest BCUT2D eigenvalue weighted by molar-refractivity contribution is 5.87. The SMILES string of the molecule is Cc1ccc(NC(=O)Oc2ccco2)cc1Nc1nccn1-c1cc(NC2CC2)ncn1. The van der Waals surface area contributed by atoms with Gasteiger partial charge >= 0.3 is 6.09 Å². The summed E-state index contributed by atoms with van der Waals surface area (Å²) in [6.07, 6.45) is 8.16. The van der Waals surface area contributed by atoms with Crippen LogP contribution in [0.4, 0.5) is 27.9 Å². The second-order valence-electron chi connectivity index (χ2n) is 7.40. The molecule has 1 amide bonds. The van der Waals surface area contributed by atoms with E-state index in [9.17, 15) is 4.79 Å². The molecule has 0 bridgehead atoms. The lowest BCUT2D eigenvalue weighted by molar-refractivity contribution is 0.202. The molecule has 3 heterocycles. The van der Waals surface area contributed by atoms with Crippen LogP contribution in [0, 0.1) is 6.92 Å². The molecule has 5 rings (SSSR count). The number of nitrogens with one attached hydrogen (secondary N) is 3. The van der Waals surface area contributed by atoms with Crippen molar-refractivity contribution >= 4 is 29.2 Å². The second kappa shape index (κ2) is 8.42. The van der Waals surface area contributed by atoms with Crippen LogP contribution in [-0.2, 0) is 0 Å². The Morgan fingerprint density at radius 1 is 1.19 bits per heavy atom. The lowest BCUT2D eigenvalue weighted by Crippen LogP contribution is -2.16. The third kappa shape index (κ3) is 4.53. The van der Waals surface area contributed by atoms with Gasteiger partial charge in [0.15, 0.2) is 0 Å². The number of amides is 1. The summed E-state index contributed by atoms with van der Waals surface area (Å²) in [6, 6.07) is 11.1. The maximum absolute atomic E-state index is 12.1. The van der Waals surface area contributed by atoms with E-state index >= 15 is 0 Å². The monoisotopic (exact) mass is 431 g/mol. The van der Waals surface area contributed by atoms with Crippen LogP contribution in [0.25, 0.3) is 5.82 Å². The van der Waals surface area contributed by atoms with Gasteiger partial charge in [-0.05, 0) is 43.5 Å². The van der Waals surface area contributed by atoms with E-state index in [0.29, 0.717) is 23.5 Å². The van der Waals surface area contributed by atoms with Gasteiger partial charge in [0.25, 0.3) is 5.95 Å². The molecule has 32 heavy (non-hydrogen) atoms. The first-order chi connectivity index (χ1) is 15.6. The Kier molecular flexibility index (Phi) is 5.16. The number of aromatic nitrogens is 4. The van der Waals surface area contributed by atoms with Crippen molar-refractivity contribution in [3.05, 3.63) is 66.9 Å². The van der Waals surface area contributed by atoms with Crippen molar-refractivity contribution in [1.29, 1.82) is 0 Å². The molecule has 4 aromatic rings. The number of imidazole rings is 1. The molecule has 10 nitrogen and oxygen atoms in total. The summed E-state index contributed by atoms with van der Waals surface area (Å²) in [5.74, 6) is 2.18. The van der Waals surface area contributed by atoms with Gasteiger partial charge in [0.1, 0.15) is 18.0 Å². The van der Waals surface area contributed by atoms with Crippen molar-refractivity contribution in [1.82, 2.24) is 19.5 Å². The first kappa shape index (κ1) is 19.6. The van der Waals surface area contributed by atoms with Gasteiger partial charge in [0, 0.05) is 41.9 Å². The molecule has 1 aromatic carbocycles. The zero-order chi connectivity index (χ0) is 21.9. The summed E-state index contributed by atoms with van der Waals surface area (Å²) in [5.41, 5.74) is 2.31. The average Bonchev–Trinajstić information content (AvgIpc) is 3.23. The van der Waals surface area contributed by atoms with Crippen molar-refractivity contribution in [3.63, 3.8) is 0 Å². The fraction of sp³-hybridized carbons (Fsp3) is 0.182. The predicted molar refractivity (Wildman–Crippen MR) is 119 cm³/mol. The number of furan rings is 1. The minimum Gasteiger partial charge on any atom is -0.434 e. The van der Waals surface area contributed by atoms with Crippen molar-refractivity contribution in [3.8, 4) is 11.8 Å². The lowest BCUT2D eigenvalue weighted by Gasteiger charge is -2.13. The van der Waals surface area contributed by atoms with Crippen LogP contribution in [0.3, 0.4) is 0 Å². The van der Waals surface area contributed by atoms with Gasteiger partial charge in [0.05, 0.1) is 6.26 Å². The summed E-state index contributed by atoms with van der Waals surface area (Å²) < 4.78 is 11.9. The minimum atomic E-state index is -0.645. The summed E-state index contributed by atoms with van der Waals surface area (Å²) in [5, 5.41) is 9.37. The van der Waals surface area contributed by atoms with Crippen LogP contribution in [0.2, 0.25) is 0 Å². The zero-order valence-corrected chi connectivity index (χ0v) is 17.3. The van der Waals surface area contributed by atoms with Gasteiger partial charge in [0.2, 0.25) is 5.95 Å². The number of carbonyl (C=O) groups excluding carboxylic acids is 1. The summed E-state index contributed by atoms with van der Waals surface area (Å²) in [7, 11) is 0. The Hall–Kier alpha value is -4.34. The van der Waals surface area contributed by atoms with E-state index < -0.39 is 6.09 Å². The number of anilines is 4. The number of hydrogen-bond acceptors (Lipinski definition) is 8. The minimum absolute atomic E-state index is 0.121. The molecule has 10 heteroatoms. The van der Waals surface area contributed by atoms with E-state index in [1.165, 1.54) is 12.6 Å². The van der Waals surface area contributed by atoms with Gasteiger partial charge in [-0.1, -0.05) is 6.07 Å². The topological polar surface area (TPSA) is 119 Å². The third-order valence-electron chi connectivity index (χ3n) is 4.89. The number of hydrogen-bond donors (Lipinski definition) is 3. The van der Waals surface area contributed by atoms with Gasteiger partial charge in [-0.25, -0.2) is 19.7 Å². The molecule has 0 spiro atoms. The van der Waals surface area contributed by atoms with E-state index in [4.69, 9.17) is 9.15 Å². The quantitative estimate of drug-likeness (QED) is 0.392. The van der Waals surface area contributed by atoms with Gasteiger partial charge in [-0.3, -0.25) is 9.88 Å². The van der Waals surface area contributed by atoms with E-state index in [1.54, 1.807) is 30.5 Å². The number of rotatable bonds is 7. The van der Waals surface area contributed by atoms with E-state index in [-0.39, 0.29) is 5.95 Å². The molecule has 0 aliphatic heterocycles. The van der Waals surface area contributed by atoms with Crippen molar-refractivity contribution in [2.45, 2.75) is 25.8 Å². The van der Waals surface area contributed by atoms with Gasteiger partial charge in [-0.2, -0.15) is 0 Å². The number of carbonyl (C=O) groups is 1.